The van der Waals surface area contributed by atoms with Crippen LogP contribution < -0.4 is 0 Å². The number of nitrogens with zero attached hydrogens (tertiary/aromatic N) is 1. The first-order chi connectivity index (χ1) is 16.0. The minimum absolute atomic E-state index is 0.0220. The number of hydrogen-bond acceptors (Lipinski definition) is 5. The molecule has 12 heteroatoms. The zero-order valence-corrected chi connectivity index (χ0v) is 21.7. The van der Waals surface area contributed by atoms with Gasteiger partial charge in [-0.15, -0.1) is 0 Å². The minimum Gasteiger partial charge on any atom is -0.339 e. The molecule has 1 saturated heterocycles. The number of benzene rings is 2. The third-order valence-electron chi connectivity index (χ3n) is 6.50. The van der Waals surface area contributed by atoms with Gasteiger partial charge in [-0.2, -0.15) is 13.2 Å². The summed E-state index contributed by atoms with van der Waals surface area (Å²) in [7, 11) is -7.87. The number of rotatable bonds is 5. The van der Waals surface area contributed by atoms with E-state index < -0.39 is 52.9 Å². The first-order valence-corrected chi connectivity index (χ1v) is 14.4. The Morgan fingerprint density at radius 2 is 1.60 bits per heavy atom. The van der Waals surface area contributed by atoms with E-state index >= 15 is 0 Å². The number of halogens is 4. The molecule has 0 saturated carbocycles. The molecule has 0 spiro atoms. The van der Waals surface area contributed by atoms with E-state index in [0.29, 0.717) is 6.07 Å². The second-order valence-electron chi connectivity index (χ2n) is 9.11. The molecule has 0 N–H and O–H groups in total. The lowest BCUT2D eigenvalue weighted by Crippen LogP contribution is -2.47. The van der Waals surface area contributed by atoms with Crippen LogP contribution >= 0.6 is 11.6 Å². The summed E-state index contributed by atoms with van der Waals surface area (Å²) in [5, 5.41) is 0.169. The number of likely N-dealkylation sites (tertiary alicyclic amines) is 1. The molecule has 1 amide bonds. The Hall–Kier alpha value is -2.11. The van der Waals surface area contributed by atoms with Crippen molar-refractivity contribution >= 4 is 37.2 Å². The van der Waals surface area contributed by atoms with Crippen molar-refractivity contribution in [2.75, 3.05) is 19.3 Å². The number of carbonyl (C=O) groups is 1. The number of alkyl halides is 3. The van der Waals surface area contributed by atoms with Gasteiger partial charge >= 0.3 is 6.18 Å². The summed E-state index contributed by atoms with van der Waals surface area (Å²) in [4.78, 5) is 13.9. The van der Waals surface area contributed by atoms with Crippen molar-refractivity contribution < 1.29 is 34.8 Å². The molecule has 35 heavy (non-hydrogen) atoms. The molecular formula is C23H25ClF3NO5S2. The van der Waals surface area contributed by atoms with Gasteiger partial charge in [0.15, 0.2) is 19.7 Å². The van der Waals surface area contributed by atoms with Crippen molar-refractivity contribution in [3.63, 3.8) is 0 Å². The zero-order valence-electron chi connectivity index (χ0n) is 19.3. The van der Waals surface area contributed by atoms with Crippen molar-refractivity contribution in [3.05, 3.63) is 58.6 Å². The van der Waals surface area contributed by atoms with Crippen LogP contribution in [0.2, 0.25) is 5.02 Å². The van der Waals surface area contributed by atoms with Crippen LogP contribution in [0.3, 0.4) is 0 Å². The van der Waals surface area contributed by atoms with E-state index in [2.05, 4.69) is 0 Å². The van der Waals surface area contributed by atoms with Crippen molar-refractivity contribution in [1.29, 1.82) is 0 Å². The van der Waals surface area contributed by atoms with Crippen LogP contribution in [0.15, 0.2) is 52.3 Å². The van der Waals surface area contributed by atoms with Gasteiger partial charge in [0.25, 0.3) is 5.91 Å². The number of sulfone groups is 2. The maximum atomic E-state index is 13.3. The highest BCUT2D eigenvalue weighted by Gasteiger charge is 2.45. The predicted octanol–water partition coefficient (Wildman–Crippen LogP) is 4.87. The number of carbonyl (C=O) groups excluding carboxylic acids is 1. The van der Waals surface area contributed by atoms with Gasteiger partial charge in [-0.25, -0.2) is 16.8 Å². The molecule has 0 aromatic heterocycles. The lowest BCUT2D eigenvalue weighted by atomic mass is 9.85. The quantitative estimate of drug-likeness (QED) is 0.529. The van der Waals surface area contributed by atoms with Crippen molar-refractivity contribution in [2.45, 2.75) is 47.4 Å². The van der Waals surface area contributed by atoms with Gasteiger partial charge < -0.3 is 4.90 Å². The summed E-state index contributed by atoms with van der Waals surface area (Å²) < 4.78 is 88.9. The van der Waals surface area contributed by atoms with E-state index in [9.17, 15) is 34.8 Å². The van der Waals surface area contributed by atoms with Crippen LogP contribution in [0.1, 0.15) is 42.6 Å². The fourth-order valence-electron chi connectivity index (χ4n) is 4.29. The standard InChI is InChI=1S/C23H25ClF3NO5S2/c1-22(2,35(32,33)18-6-4-5-16(13-18)23(25,26)27)15-9-11-28(12-10-15)21(29)19-8-7-17(24)14-20(19)34(3,30)31/h4-8,13-15H,9-12H2,1-3H3. The molecule has 1 aliphatic rings. The Morgan fingerprint density at radius 3 is 2.14 bits per heavy atom. The highest BCUT2D eigenvalue weighted by molar-refractivity contribution is 7.92. The summed E-state index contributed by atoms with van der Waals surface area (Å²) >= 11 is 5.90. The summed E-state index contributed by atoms with van der Waals surface area (Å²) in [6.45, 7) is 3.28. The van der Waals surface area contributed by atoms with Crippen LogP contribution in [0, 0.1) is 5.92 Å². The normalized spacial score (nSPS) is 16.4. The molecule has 0 aliphatic carbocycles. The fourth-order valence-corrected chi connectivity index (χ4v) is 7.25. The molecule has 2 aromatic carbocycles. The third-order valence-corrected chi connectivity index (χ3v) is 10.5. The smallest absolute Gasteiger partial charge is 0.339 e. The van der Waals surface area contributed by atoms with Crippen LogP contribution in [0.4, 0.5) is 13.2 Å². The number of hydrogen-bond donors (Lipinski definition) is 0. The molecule has 1 heterocycles. The summed E-state index contributed by atoms with van der Waals surface area (Å²) in [6, 6.07) is 7.65. The molecule has 0 atom stereocenters. The third kappa shape index (κ3) is 5.51. The summed E-state index contributed by atoms with van der Waals surface area (Å²) in [5.74, 6) is -0.954. The fraction of sp³-hybridized carbons (Fsp3) is 0.435. The van der Waals surface area contributed by atoms with E-state index in [-0.39, 0.29) is 41.4 Å². The molecule has 192 valence electrons. The number of amides is 1. The average molecular weight is 552 g/mol. The van der Waals surface area contributed by atoms with E-state index in [1.807, 2.05) is 0 Å². The number of piperidine rings is 1. The molecule has 3 rings (SSSR count). The van der Waals surface area contributed by atoms with Crippen LogP contribution in [-0.4, -0.2) is 51.7 Å². The maximum absolute atomic E-state index is 13.3. The van der Waals surface area contributed by atoms with Crippen molar-refractivity contribution in [2.24, 2.45) is 5.92 Å². The Bertz CT molecular complexity index is 1350. The second-order valence-corrected chi connectivity index (χ2v) is 14.1. The highest BCUT2D eigenvalue weighted by Crippen LogP contribution is 2.40. The lowest BCUT2D eigenvalue weighted by molar-refractivity contribution is -0.137. The Balaban J connectivity index is 1.82. The van der Waals surface area contributed by atoms with Crippen LogP contribution in [-0.2, 0) is 25.9 Å². The largest absolute Gasteiger partial charge is 0.416 e. The molecule has 1 fully saturated rings. The van der Waals surface area contributed by atoms with Gasteiger partial charge in [0.2, 0.25) is 0 Å². The van der Waals surface area contributed by atoms with Crippen molar-refractivity contribution in [3.8, 4) is 0 Å². The SMILES string of the molecule is CC(C)(C1CCN(C(=O)c2ccc(Cl)cc2S(C)(=O)=O)CC1)S(=O)(=O)c1cccc(C(F)(F)F)c1. The van der Waals surface area contributed by atoms with Gasteiger partial charge in [0.05, 0.1) is 25.7 Å². The van der Waals surface area contributed by atoms with E-state index in [1.165, 1.54) is 36.9 Å². The topological polar surface area (TPSA) is 88.6 Å². The van der Waals surface area contributed by atoms with Gasteiger partial charge in [0, 0.05) is 24.4 Å². The monoisotopic (exact) mass is 551 g/mol. The van der Waals surface area contributed by atoms with Gasteiger partial charge in [-0.05, 0) is 69.0 Å². The van der Waals surface area contributed by atoms with E-state index in [1.54, 1.807) is 0 Å². The van der Waals surface area contributed by atoms with Gasteiger partial charge in [-0.1, -0.05) is 17.7 Å². The predicted molar refractivity (Wildman–Crippen MR) is 126 cm³/mol. The Morgan fingerprint density at radius 1 is 1.00 bits per heavy atom. The molecule has 6 nitrogen and oxygen atoms in total. The zero-order chi connectivity index (χ0) is 26.4. The van der Waals surface area contributed by atoms with E-state index in [4.69, 9.17) is 11.6 Å². The van der Waals surface area contributed by atoms with Crippen LogP contribution in [0.25, 0.3) is 0 Å². The Labute approximate surface area is 207 Å². The average Bonchev–Trinajstić information content (AvgIpc) is 2.77. The van der Waals surface area contributed by atoms with Crippen molar-refractivity contribution in [1.82, 2.24) is 4.90 Å². The summed E-state index contributed by atoms with van der Waals surface area (Å²) in [5.41, 5.74) is -1.06. The highest BCUT2D eigenvalue weighted by atomic mass is 35.5. The molecule has 0 radical (unpaired) electrons. The van der Waals surface area contributed by atoms with E-state index in [0.717, 1.165) is 24.5 Å². The Kier molecular flexibility index (Phi) is 7.38. The molecule has 2 aromatic rings. The first-order valence-electron chi connectivity index (χ1n) is 10.7. The van der Waals surface area contributed by atoms with Gasteiger partial charge in [-0.3, -0.25) is 4.79 Å². The van der Waals surface area contributed by atoms with Crippen LogP contribution in [0.5, 0.6) is 0 Å². The van der Waals surface area contributed by atoms with Gasteiger partial charge in [0.1, 0.15) is 0 Å². The summed E-state index contributed by atoms with van der Waals surface area (Å²) in [6.07, 6.45) is -3.14. The molecular weight excluding hydrogens is 527 g/mol. The first kappa shape index (κ1) is 27.5. The molecule has 0 unspecified atom stereocenters. The maximum Gasteiger partial charge on any atom is 0.416 e. The minimum atomic E-state index is -4.67. The lowest BCUT2D eigenvalue weighted by Gasteiger charge is -2.40. The second kappa shape index (κ2) is 9.40. The molecule has 1 aliphatic heterocycles. The molecule has 0 bridgehead atoms.